The Bertz CT molecular complexity index is 825. The molecule has 0 saturated heterocycles. The van der Waals surface area contributed by atoms with Crippen molar-refractivity contribution in [3.05, 3.63) is 72.3 Å². The molecule has 0 fully saturated rings. The number of nitrogens with one attached hydrogen (secondary N) is 1. The zero-order valence-electron chi connectivity index (χ0n) is 13.5. The lowest BCUT2D eigenvalue weighted by Crippen LogP contribution is -2.40. The van der Waals surface area contributed by atoms with Gasteiger partial charge in [-0.1, -0.05) is 66.7 Å². The van der Waals surface area contributed by atoms with E-state index in [4.69, 9.17) is 5.73 Å². The molecule has 1 atom stereocenters. The van der Waals surface area contributed by atoms with E-state index in [1.54, 1.807) is 7.05 Å². The maximum absolute atomic E-state index is 11.5. The summed E-state index contributed by atoms with van der Waals surface area (Å²) in [5, 5.41) is 5.05. The van der Waals surface area contributed by atoms with Gasteiger partial charge in [-0.15, -0.1) is 12.4 Å². The summed E-state index contributed by atoms with van der Waals surface area (Å²) in [6.07, 6.45) is 0.537. The molecule has 3 aromatic rings. The van der Waals surface area contributed by atoms with Gasteiger partial charge in [-0.3, -0.25) is 4.79 Å². The topological polar surface area (TPSA) is 55.1 Å². The van der Waals surface area contributed by atoms with Crippen LogP contribution in [-0.2, 0) is 11.2 Å². The number of nitrogens with two attached hydrogens (primary N) is 1. The number of carbonyl (C=O) groups excluding carboxylic acids is 1. The number of rotatable bonds is 4. The molecule has 0 unspecified atom stereocenters. The normalized spacial score (nSPS) is 11.6. The third-order valence-electron chi connectivity index (χ3n) is 4.09. The first-order valence-corrected chi connectivity index (χ1v) is 7.73. The molecule has 3 N–H and O–H groups in total. The van der Waals surface area contributed by atoms with Crippen molar-refractivity contribution in [3.8, 4) is 11.1 Å². The minimum absolute atomic E-state index is 0. The summed E-state index contributed by atoms with van der Waals surface area (Å²) in [6.45, 7) is 0. The van der Waals surface area contributed by atoms with Gasteiger partial charge in [0.05, 0.1) is 6.04 Å². The molecule has 4 heteroatoms. The summed E-state index contributed by atoms with van der Waals surface area (Å²) in [5.41, 5.74) is 9.31. The highest BCUT2D eigenvalue weighted by atomic mass is 35.5. The van der Waals surface area contributed by atoms with Crippen molar-refractivity contribution in [2.75, 3.05) is 7.05 Å². The van der Waals surface area contributed by atoms with E-state index in [-0.39, 0.29) is 18.3 Å². The van der Waals surface area contributed by atoms with Gasteiger partial charge in [-0.25, -0.2) is 0 Å². The van der Waals surface area contributed by atoms with Crippen molar-refractivity contribution in [3.63, 3.8) is 0 Å². The van der Waals surface area contributed by atoms with Crippen molar-refractivity contribution < 1.29 is 4.79 Å². The molecule has 3 rings (SSSR count). The molecule has 3 nitrogen and oxygen atoms in total. The number of benzene rings is 3. The van der Waals surface area contributed by atoms with Crippen LogP contribution in [0.5, 0.6) is 0 Å². The summed E-state index contributed by atoms with van der Waals surface area (Å²) >= 11 is 0. The lowest BCUT2D eigenvalue weighted by Gasteiger charge is -2.11. The van der Waals surface area contributed by atoms with Crippen LogP contribution in [0.2, 0.25) is 0 Å². The minimum Gasteiger partial charge on any atom is -0.358 e. The maximum Gasteiger partial charge on any atom is 0.237 e. The first-order valence-electron chi connectivity index (χ1n) is 7.73. The van der Waals surface area contributed by atoms with Gasteiger partial charge in [0.25, 0.3) is 0 Å². The molecule has 1 amide bonds. The van der Waals surface area contributed by atoms with E-state index in [9.17, 15) is 4.79 Å². The van der Waals surface area contributed by atoms with Gasteiger partial charge in [0.1, 0.15) is 0 Å². The van der Waals surface area contributed by atoms with E-state index in [2.05, 4.69) is 59.9 Å². The second-order valence-electron chi connectivity index (χ2n) is 5.65. The number of halogens is 1. The van der Waals surface area contributed by atoms with Crippen molar-refractivity contribution in [2.45, 2.75) is 12.5 Å². The number of hydrogen-bond donors (Lipinski definition) is 2. The Hall–Kier alpha value is -2.36. The number of amides is 1. The molecule has 0 aliphatic carbocycles. The van der Waals surface area contributed by atoms with E-state index < -0.39 is 6.04 Å². The monoisotopic (exact) mass is 340 g/mol. The molecule has 0 heterocycles. The summed E-state index contributed by atoms with van der Waals surface area (Å²) in [6, 6.07) is 22.5. The Labute approximate surface area is 148 Å². The SMILES string of the molecule is CNC(=O)[C@@H](N)Cc1ccc(-c2cccc3ccccc23)cc1.Cl. The van der Waals surface area contributed by atoms with Gasteiger partial charge in [0, 0.05) is 7.05 Å². The van der Waals surface area contributed by atoms with Gasteiger partial charge in [-0.05, 0) is 33.9 Å². The van der Waals surface area contributed by atoms with E-state index in [1.165, 1.54) is 21.9 Å². The van der Waals surface area contributed by atoms with Crippen molar-refractivity contribution in [1.29, 1.82) is 0 Å². The molecule has 0 aliphatic heterocycles. The second kappa shape index (κ2) is 7.95. The van der Waals surface area contributed by atoms with Crippen LogP contribution < -0.4 is 11.1 Å². The highest BCUT2D eigenvalue weighted by molar-refractivity contribution is 5.96. The Morgan fingerprint density at radius 2 is 1.67 bits per heavy atom. The number of hydrogen-bond acceptors (Lipinski definition) is 2. The molecule has 124 valence electrons. The van der Waals surface area contributed by atoms with Gasteiger partial charge < -0.3 is 11.1 Å². The van der Waals surface area contributed by atoms with E-state index >= 15 is 0 Å². The van der Waals surface area contributed by atoms with Crippen LogP contribution in [0.25, 0.3) is 21.9 Å². The lowest BCUT2D eigenvalue weighted by molar-refractivity contribution is -0.121. The van der Waals surface area contributed by atoms with Crippen LogP contribution in [0.4, 0.5) is 0 Å². The van der Waals surface area contributed by atoms with Crippen LogP contribution in [0.1, 0.15) is 5.56 Å². The maximum atomic E-state index is 11.5. The minimum atomic E-state index is -0.511. The molecule has 0 radical (unpaired) electrons. The third-order valence-corrected chi connectivity index (χ3v) is 4.09. The largest absolute Gasteiger partial charge is 0.358 e. The number of likely N-dealkylation sites (N-methyl/N-ethyl adjacent to an activating group) is 1. The first kappa shape index (κ1) is 18.0. The first-order chi connectivity index (χ1) is 11.2. The zero-order chi connectivity index (χ0) is 16.2. The highest BCUT2D eigenvalue weighted by Gasteiger charge is 2.12. The average molecular weight is 341 g/mol. The third kappa shape index (κ3) is 3.75. The summed E-state index contributed by atoms with van der Waals surface area (Å²) < 4.78 is 0. The molecule has 3 aromatic carbocycles. The molecule has 0 saturated carbocycles. The van der Waals surface area contributed by atoms with Gasteiger partial charge in [-0.2, -0.15) is 0 Å². The van der Waals surface area contributed by atoms with Crippen LogP contribution in [-0.4, -0.2) is 19.0 Å². The lowest BCUT2D eigenvalue weighted by atomic mass is 9.96. The quantitative estimate of drug-likeness (QED) is 0.763. The van der Waals surface area contributed by atoms with Gasteiger partial charge in [0.15, 0.2) is 0 Å². The number of fused-ring (bicyclic) bond motifs is 1. The summed E-state index contributed by atoms with van der Waals surface area (Å²) in [4.78, 5) is 11.5. The van der Waals surface area contributed by atoms with Crippen LogP contribution in [0.15, 0.2) is 66.7 Å². The fraction of sp³-hybridized carbons (Fsp3) is 0.150. The molecular weight excluding hydrogens is 320 g/mol. The number of carbonyl (C=O) groups is 1. The predicted molar refractivity (Wildman–Crippen MR) is 102 cm³/mol. The molecule has 0 spiro atoms. The van der Waals surface area contributed by atoms with Crippen molar-refractivity contribution >= 4 is 29.1 Å². The standard InChI is InChI=1S/C20H20N2O.ClH/c1-22-20(23)19(21)13-14-9-11-16(12-10-14)18-8-4-6-15-5-2-3-7-17(15)18;/h2-12,19H,13,21H2,1H3,(H,22,23);1H/t19-;/m0./s1. The molecular formula is C20H21ClN2O. The molecule has 0 aromatic heterocycles. The Morgan fingerprint density at radius 1 is 1.00 bits per heavy atom. The Morgan fingerprint density at radius 3 is 2.38 bits per heavy atom. The van der Waals surface area contributed by atoms with Crippen molar-refractivity contribution in [1.82, 2.24) is 5.32 Å². The van der Waals surface area contributed by atoms with Crippen LogP contribution >= 0.6 is 12.4 Å². The van der Waals surface area contributed by atoms with Crippen molar-refractivity contribution in [2.24, 2.45) is 5.73 Å². The molecule has 0 bridgehead atoms. The zero-order valence-corrected chi connectivity index (χ0v) is 14.3. The fourth-order valence-corrected chi connectivity index (χ4v) is 2.83. The van der Waals surface area contributed by atoms with Crippen LogP contribution in [0, 0.1) is 0 Å². The van der Waals surface area contributed by atoms with Gasteiger partial charge in [0.2, 0.25) is 5.91 Å². The van der Waals surface area contributed by atoms with Gasteiger partial charge >= 0.3 is 0 Å². The van der Waals surface area contributed by atoms with E-state index in [0.29, 0.717) is 6.42 Å². The average Bonchev–Trinajstić information content (AvgIpc) is 2.61. The summed E-state index contributed by atoms with van der Waals surface area (Å²) in [7, 11) is 1.60. The fourth-order valence-electron chi connectivity index (χ4n) is 2.83. The molecule has 24 heavy (non-hydrogen) atoms. The highest BCUT2D eigenvalue weighted by Crippen LogP contribution is 2.28. The molecule has 0 aliphatic rings. The Kier molecular flexibility index (Phi) is 5.96. The van der Waals surface area contributed by atoms with E-state index in [1.807, 2.05) is 12.1 Å². The smallest absolute Gasteiger partial charge is 0.237 e. The predicted octanol–water partition coefficient (Wildman–Crippen LogP) is 3.54. The van der Waals surface area contributed by atoms with E-state index in [0.717, 1.165) is 5.56 Å². The summed E-state index contributed by atoms with van der Waals surface area (Å²) in [5.74, 6) is -0.136. The van der Waals surface area contributed by atoms with Crippen LogP contribution in [0.3, 0.4) is 0 Å². The Balaban J connectivity index is 0.00000208. The second-order valence-corrected chi connectivity index (χ2v) is 5.65.